The highest BCUT2D eigenvalue weighted by Gasteiger charge is 2.17. The number of nitrogens with two attached hydrogens (primary N) is 1. The molecule has 1 aromatic carbocycles. The van der Waals surface area contributed by atoms with Crippen molar-refractivity contribution in [1.82, 2.24) is 4.72 Å². The summed E-state index contributed by atoms with van der Waals surface area (Å²) in [5.74, 6) is 0. The predicted molar refractivity (Wildman–Crippen MR) is 115 cm³/mol. The molecule has 1 saturated carbocycles. The van der Waals surface area contributed by atoms with Crippen molar-refractivity contribution < 1.29 is 4.21 Å². The van der Waals surface area contributed by atoms with Crippen LogP contribution in [0, 0.1) is 0 Å². The molecule has 0 amide bonds. The van der Waals surface area contributed by atoms with E-state index < -0.39 is 9.74 Å². The molecule has 2 rings (SSSR count). The third kappa shape index (κ3) is 8.19. The van der Waals surface area contributed by atoms with E-state index in [9.17, 15) is 4.21 Å². The molecule has 3 N–H and O–H groups in total. The van der Waals surface area contributed by atoms with Gasteiger partial charge in [0, 0.05) is 16.6 Å². The zero-order chi connectivity index (χ0) is 18.0. The van der Waals surface area contributed by atoms with Crippen molar-refractivity contribution in [3.8, 4) is 0 Å². The van der Waals surface area contributed by atoms with Crippen LogP contribution < -0.4 is 10.5 Å². The minimum absolute atomic E-state index is 0.351. The van der Waals surface area contributed by atoms with Gasteiger partial charge in [-0.25, -0.2) is 0 Å². The quantitative estimate of drug-likeness (QED) is 0.372. The van der Waals surface area contributed by atoms with Gasteiger partial charge in [-0.15, -0.1) is 0 Å². The highest BCUT2D eigenvalue weighted by molar-refractivity contribution is 8.44. The predicted octanol–water partition coefficient (Wildman–Crippen LogP) is 5.39. The van der Waals surface area contributed by atoms with Crippen LogP contribution in [0.25, 0.3) is 0 Å². The summed E-state index contributed by atoms with van der Waals surface area (Å²) in [6.45, 7) is 0. The van der Waals surface area contributed by atoms with E-state index in [-0.39, 0.29) is 0 Å². The van der Waals surface area contributed by atoms with E-state index in [1.807, 2.05) is 24.3 Å². The standard InChI is InChI=1S/C20H37N2OPS/c21-18-14-16-20(17-15-18)25(23,24)22-19-12-10-8-6-4-2-1-3-5-7-9-11-13-19/h14-17,19,25H,1-13,21,24H2,(H,22,23). The molecule has 0 aromatic heterocycles. The Hall–Kier alpha value is -0.440. The molecule has 1 fully saturated rings. The first-order valence-electron chi connectivity index (χ1n) is 10.1. The van der Waals surface area contributed by atoms with Crippen molar-refractivity contribution in [1.29, 1.82) is 0 Å². The number of anilines is 1. The van der Waals surface area contributed by atoms with Gasteiger partial charge in [-0.05, 0) is 55.3 Å². The molecular weight excluding hydrogens is 347 g/mol. The third-order valence-electron chi connectivity index (χ3n) is 5.26. The van der Waals surface area contributed by atoms with E-state index in [1.165, 1.54) is 70.6 Å². The van der Waals surface area contributed by atoms with E-state index in [2.05, 4.69) is 13.2 Å². The summed E-state index contributed by atoms with van der Waals surface area (Å²) in [5, 5.41) is 0. The molecule has 0 saturated heterocycles. The van der Waals surface area contributed by atoms with E-state index >= 15 is 0 Å². The number of rotatable bonds is 3. The summed E-state index contributed by atoms with van der Waals surface area (Å²) in [4.78, 5) is 0.853. The Balaban J connectivity index is 1.92. The molecule has 1 aliphatic carbocycles. The summed E-state index contributed by atoms with van der Waals surface area (Å²) < 4.78 is 16.7. The Morgan fingerprint density at radius 2 is 1.20 bits per heavy atom. The Morgan fingerprint density at radius 1 is 0.800 bits per heavy atom. The Kier molecular flexibility index (Phi) is 9.44. The van der Waals surface area contributed by atoms with Crippen LogP contribution in [-0.2, 0) is 9.74 Å². The zero-order valence-electron chi connectivity index (χ0n) is 15.6. The van der Waals surface area contributed by atoms with Crippen molar-refractivity contribution in [3.05, 3.63) is 24.3 Å². The Labute approximate surface area is 157 Å². The summed E-state index contributed by atoms with van der Waals surface area (Å²) in [6, 6.07) is 7.80. The number of thiol groups is 1. The zero-order valence-corrected chi connectivity index (χ0v) is 17.6. The molecule has 0 aliphatic heterocycles. The van der Waals surface area contributed by atoms with Gasteiger partial charge in [-0.3, -0.25) is 8.93 Å². The van der Waals surface area contributed by atoms with Crippen LogP contribution in [0.15, 0.2) is 29.2 Å². The molecule has 3 nitrogen and oxygen atoms in total. The molecule has 0 radical (unpaired) electrons. The fourth-order valence-electron chi connectivity index (χ4n) is 3.69. The second-order valence-corrected chi connectivity index (χ2v) is 11.8. The van der Waals surface area contributed by atoms with Gasteiger partial charge in [0.15, 0.2) is 0 Å². The molecule has 0 heterocycles. The lowest BCUT2D eigenvalue weighted by molar-refractivity contribution is 0.450. The molecule has 0 spiro atoms. The van der Waals surface area contributed by atoms with Crippen LogP contribution in [0.2, 0.25) is 0 Å². The average Bonchev–Trinajstić information content (AvgIpc) is 2.58. The highest BCUT2D eigenvalue weighted by atomic mass is 32.8. The van der Waals surface area contributed by atoms with Crippen LogP contribution in [0.4, 0.5) is 5.69 Å². The first kappa shape index (κ1) is 20.9. The Morgan fingerprint density at radius 3 is 1.64 bits per heavy atom. The van der Waals surface area contributed by atoms with Gasteiger partial charge in [0.2, 0.25) is 0 Å². The first-order valence-corrected chi connectivity index (χ1v) is 13.4. The molecule has 5 heteroatoms. The van der Waals surface area contributed by atoms with Gasteiger partial charge < -0.3 is 5.73 Å². The Bertz CT molecular complexity index is 521. The SMILES string of the molecule is Nc1ccc([SH](=O)(P)NC2CCCCCCCCCCCCC2)cc1. The molecule has 1 unspecified atom stereocenters. The normalized spacial score (nSPS) is 20.7. The fraction of sp³-hybridized carbons (Fsp3) is 0.700. The molecule has 144 valence electrons. The average molecular weight is 385 g/mol. The maximum absolute atomic E-state index is 13.2. The highest BCUT2D eigenvalue weighted by Crippen LogP contribution is 2.27. The van der Waals surface area contributed by atoms with Gasteiger partial charge in [0.25, 0.3) is 0 Å². The van der Waals surface area contributed by atoms with Crippen LogP contribution in [0.1, 0.15) is 83.5 Å². The summed E-state index contributed by atoms with van der Waals surface area (Å²) in [7, 11) is -0.0307. The van der Waals surface area contributed by atoms with Gasteiger partial charge in [0.05, 0.1) is 0 Å². The minimum atomic E-state index is -2.62. The molecule has 1 aliphatic rings. The van der Waals surface area contributed by atoms with Gasteiger partial charge >= 0.3 is 0 Å². The van der Waals surface area contributed by atoms with Crippen LogP contribution >= 0.6 is 8.44 Å². The second-order valence-electron chi connectivity index (χ2n) is 7.54. The maximum Gasteiger partial charge on any atom is 0.0314 e. The molecule has 25 heavy (non-hydrogen) atoms. The van der Waals surface area contributed by atoms with Crippen molar-refractivity contribution in [2.24, 2.45) is 0 Å². The maximum atomic E-state index is 13.2. The third-order valence-corrected chi connectivity index (χ3v) is 8.41. The number of hydrogen-bond acceptors (Lipinski definition) is 2. The number of benzene rings is 1. The molecular formula is C20H37N2OPS. The molecule has 1 atom stereocenters. The van der Waals surface area contributed by atoms with Crippen LogP contribution in [-0.4, -0.2) is 10.3 Å². The van der Waals surface area contributed by atoms with Crippen molar-refractivity contribution in [2.75, 3.05) is 5.73 Å². The van der Waals surface area contributed by atoms with Crippen LogP contribution in [0.3, 0.4) is 0 Å². The van der Waals surface area contributed by atoms with E-state index in [4.69, 9.17) is 5.73 Å². The van der Waals surface area contributed by atoms with Crippen molar-refractivity contribution in [2.45, 2.75) is 94.4 Å². The molecule has 0 bridgehead atoms. The first-order chi connectivity index (χ1) is 12.1. The fourth-order valence-corrected chi connectivity index (χ4v) is 6.38. The number of nitrogen functional groups attached to an aromatic ring is 1. The minimum Gasteiger partial charge on any atom is -0.399 e. The smallest absolute Gasteiger partial charge is 0.0314 e. The largest absolute Gasteiger partial charge is 0.399 e. The lowest BCUT2D eigenvalue weighted by Crippen LogP contribution is -2.36. The van der Waals surface area contributed by atoms with E-state index in [0.717, 1.165) is 17.7 Å². The van der Waals surface area contributed by atoms with Crippen LogP contribution in [0.5, 0.6) is 0 Å². The summed E-state index contributed by atoms with van der Waals surface area (Å²) in [6.07, 6.45) is 17.0. The van der Waals surface area contributed by atoms with E-state index in [1.54, 1.807) is 0 Å². The molecule has 1 aromatic rings. The number of hydrogen-bond donors (Lipinski definition) is 3. The van der Waals surface area contributed by atoms with Gasteiger partial charge in [0.1, 0.15) is 0 Å². The van der Waals surface area contributed by atoms with Crippen molar-refractivity contribution in [3.63, 3.8) is 0 Å². The van der Waals surface area contributed by atoms with Crippen molar-refractivity contribution >= 4 is 23.9 Å². The lowest BCUT2D eigenvalue weighted by atomic mass is 9.99. The van der Waals surface area contributed by atoms with Gasteiger partial charge in [-0.1, -0.05) is 70.6 Å². The topological polar surface area (TPSA) is 55.1 Å². The van der Waals surface area contributed by atoms with E-state index in [0.29, 0.717) is 11.7 Å². The lowest BCUT2D eigenvalue weighted by Gasteiger charge is -2.28. The summed E-state index contributed by atoms with van der Waals surface area (Å²) >= 11 is 0. The van der Waals surface area contributed by atoms with Gasteiger partial charge in [-0.2, -0.15) is 0 Å². The number of nitrogens with one attached hydrogen (secondary N) is 1. The summed E-state index contributed by atoms with van der Waals surface area (Å²) in [5.41, 5.74) is 6.47. The monoisotopic (exact) mass is 384 g/mol. The second kappa shape index (κ2) is 11.3.